The minimum atomic E-state index is 0.00615. The standard InChI is InChI=1S/C30H33N7O3/c31-28-26-20-32-37(23-6-4-15-36(21-23)27(38)9-5-14-35-16-18-39-19-17-35)30(26)34-29(33-28)22-10-12-25(13-11-22)40-24-7-2-1-3-8-24/h1-3,5,7-13,20,23H,4,6,14-19,21H2,(H2,31,33,34)/b9-5+. The number of nitrogen functional groups attached to an aromatic ring is 1. The molecule has 1 amide bonds. The minimum absolute atomic E-state index is 0.00615. The molecule has 2 fully saturated rings. The summed E-state index contributed by atoms with van der Waals surface area (Å²) in [6, 6.07) is 17.3. The third-order valence-corrected chi connectivity index (χ3v) is 7.36. The zero-order valence-corrected chi connectivity index (χ0v) is 22.4. The highest BCUT2D eigenvalue weighted by Crippen LogP contribution is 2.30. The maximum atomic E-state index is 13.0. The summed E-state index contributed by atoms with van der Waals surface area (Å²) in [5.41, 5.74) is 7.85. The molecule has 10 heteroatoms. The molecule has 4 heterocycles. The van der Waals surface area contributed by atoms with E-state index in [0.717, 1.165) is 69.3 Å². The fourth-order valence-corrected chi connectivity index (χ4v) is 5.19. The number of anilines is 1. The van der Waals surface area contributed by atoms with Crippen LogP contribution in [-0.4, -0.2) is 81.4 Å². The van der Waals surface area contributed by atoms with E-state index in [1.54, 1.807) is 12.3 Å². The molecule has 2 aliphatic rings. The van der Waals surface area contributed by atoms with Gasteiger partial charge in [-0.15, -0.1) is 0 Å². The molecule has 2 aliphatic heterocycles. The van der Waals surface area contributed by atoms with Crippen molar-refractivity contribution in [1.29, 1.82) is 0 Å². The van der Waals surface area contributed by atoms with Gasteiger partial charge in [0.15, 0.2) is 11.5 Å². The quantitative estimate of drug-likeness (QED) is 0.352. The van der Waals surface area contributed by atoms with Gasteiger partial charge in [0, 0.05) is 44.4 Å². The smallest absolute Gasteiger partial charge is 0.246 e. The Labute approximate surface area is 233 Å². The lowest BCUT2D eigenvalue weighted by Crippen LogP contribution is -2.40. The highest BCUT2D eigenvalue weighted by molar-refractivity contribution is 5.88. The van der Waals surface area contributed by atoms with Crippen LogP contribution in [0, 0.1) is 0 Å². The van der Waals surface area contributed by atoms with E-state index >= 15 is 0 Å². The van der Waals surface area contributed by atoms with E-state index in [2.05, 4.69) is 15.0 Å². The first-order valence-electron chi connectivity index (χ1n) is 13.7. The summed E-state index contributed by atoms with van der Waals surface area (Å²) in [5.74, 6) is 2.43. The predicted octanol–water partition coefficient (Wildman–Crippen LogP) is 3.92. The van der Waals surface area contributed by atoms with Crippen LogP contribution >= 0.6 is 0 Å². The zero-order chi connectivity index (χ0) is 27.3. The first kappa shape index (κ1) is 26.0. The van der Waals surface area contributed by atoms with Gasteiger partial charge in [0.25, 0.3) is 0 Å². The topological polar surface area (TPSA) is 112 Å². The van der Waals surface area contributed by atoms with E-state index in [4.69, 9.17) is 20.2 Å². The molecule has 0 radical (unpaired) electrons. The molecule has 2 saturated heterocycles. The average Bonchev–Trinajstić information content (AvgIpc) is 3.43. The van der Waals surface area contributed by atoms with E-state index in [0.29, 0.717) is 29.2 Å². The van der Waals surface area contributed by atoms with Crippen LogP contribution in [0.25, 0.3) is 22.4 Å². The highest BCUT2D eigenvalue weighted by atomic mass is 16.5. The number of fused-ring (bicyclic) bond motifs is 1. The number of rotatable bonds is 7. The van der Waals surface area contributed by atoms with Crippen LogP contribution in [0.1, 0.15) is 18.9 Å². The Morgan fingerprint density at radius 1 is 1.02 bits per heavy atom. The normalized spacial score (nSPS) is 18.4. The number of carbonyl (C=O) groups is 1. The maximum Gasteiger partial charge on any atom is 0.246 e. The second-order valence-electron chi connectivity index (χ2n) is 10.1. The molecule has 0 aliphatic carbocycles. The van der Waals surface area contributed by atoms with Crippen LogP contribution < -0.4 is 10.5 Å². The van der Waals surface area contributed by atoms with Gasteiger partial charge in [0.05, 0.1) is 30.8 Å². The number of morpholine rings is 1. The third-order valence-electron chi connectivity index (χ3n) is 7.36. The maximum absolute atomic E-state index is 13.0. The summed E-state index contributed by atoms with van der Waals surface area (Å²) >= 11 is 0. The van der Waals surface area contributed by atoms with Gasteiger partial charge in [-0.1, -0.05) is 24.3 Å². The summed E-state index contributed by atoms with van der Waals surface area (Å²) in [6.45, 7) is 5.35. The molecule has 206 valence electrons. The average molecular weight is 540 g/mol. The Morgan fingerprint density at radius 3 is 2.60 bits per heavy atom. The molecule has 2 aromatic carbocycles. The Morgan fingerprint density at radius 2 is 1.80 bits per heavy atom. The molecule has 0 spiro atoms. The van der Waals surface area contributed by atoms with Gasteiger partial charge in [0.1, 0.15) is 17.3 Å². The van der Waals surface area contributed by atoms with Gasteiger partial charge in [-0.2, -0.15) is 5.10 Å². The van der Waals surface area contributed by atoms with Crippen LogP contribution in [0.15, 0.2) is 72.9 Å². The molecule has 1 unspecified atom stereocenters. The van der Waals surface area contributed by atoms with Crippen molar-refractivity contribution in [1.82, 2.24) is 29.5 Å². The van der Waals surface area contributed by atoms with E-state index in [9.17, 15) is 4.79 Å². The van der Waals surface area contributed by atoms with Crippen molar-refractivity contribution in [2.75, 3.05) is 51.7 Å². The Balaban J connectivity index is 1.17. The lowest BCUT2D eigenvalue weighted by Gasteiger charge is -2.32. The molecule has 40 heavy (non-hydrogen) atoms. The van der Waals surface area contributed by atoms with Crippen molar-refractivity contribution in [2.24, 2.45) is 0 Å². The number of piperidine rings is 1. The second-order valence-corrected chi connectivity index (χ2v) is 10.1. The predicted molar refractivity (Wildman–Crippen MR) is 153 cm³/mol. The lowest BCUT2D eigenvalue weighted by molar-refractivity contribution is -0.127. The molecule has 0 bridgehead atoms. The van der Waals surface area contributed by atoms with Crippen LogP contribution in [0.2, 0.25) is 0 Å². The number of para-hydroxylation sites is 1. The van der Waals surface area contributed by atoms with Crippen molar-refractivity contribution in [2.45, 2.75) is 18.9 Å². The van der Waals surface area contributed by atoms with Crippen LogP contribution in [0.5, 0.6) is 11.5 Å². The van der Waals surface area contributed by atoms with E-state index in [1.165, 1.54) is 0 Å². The summed E-state index contributed by atoms with van der Waals surface area (Å²) in [4.78, 5) is 26.6. The first-order chi connectivity index (χ1) is 19.6. The Kier molecular flexibility index (Phi) is 7.69. The molecule has 1 atom stereocenters. The third kappa shape index (κ3) is 5.83. The van der Waals surface area contributed by atoms with Crippen molar-refractivity contribution in [3.63, 3.8) is 0 Å². The molecule has 4 aromatic rings. The summed E-state index contributed by atoms with van der Waals surface area (Å²) in [6.07, 6.45) is 7.17. The molecular weight excluding hydrogens is 506 g/mol. The summed E-state index contributed by atoms with van der Waals surface area (Å²) < 4.78 is 13.2. The summed E-state index contributed by atoms with van der Waals surface area (Å²) in [7, 11) is 0. The van der Waals surface area contributed by atoms with Crippen LogP contribution in [0.3, 0.4) is 0 Å². The van der Waals surface area contributed by atoms with E-state index < -0.39 is 0 Å². The monoisotopic (exact) mass is 539 g/mol. The minimum Gasteiger partial charge on any atom is -0.457 e. The number of aromatic nitrogens is 4. The molecular formula is C30H33N7O3. The van der Waals surface area contributed by atoms with Gasteiger partial charge in [0.2, 0.25) is 5.91 Å². The molecule has 10 nitrogen and oxygen atoms in total. The van der Waals surface area contributed by atoms with Crippen LogP contribution in [0.4, 0.5) is 5.82 Å². The van der Waals surface area contributed by atoms with Crippen molar-refractivity contribution in [3.8, 4) is 22.9 Å². The van der Waals surface area contributed by atoms with Crippen molar-refractivity contribution >= 4 is 22.8 Å². The van der Waals surface area contributed by atoms with Gasteiger partial charge >= 0.3 is 0 Å². The molecule has 6 rings (SSSR count). The van der Waals surface area contributed by atoms with E-state index in [-0.39, 0.29) is 11.9 Å². The number of nitrogens with zero attached hydrogens (tertiary/aromatic N) is 6. The second kappa shape index (κ2) is 11.8. The van der Waals surface area contributed by atoms with E-state index in [1.807, 2.05) is 70.3 Å². The SMILES string of the molecule is Nc1nc(-c2ccc(Oc3ccccc3)cc2)nc2c1cnn2C1CCCN(C(=O)/C=C/CN2CCOCC2)C1. The largest absolute Gasteiger partial charge is 0.457 e. The number of amides is 1. The number of nitrogens with two attached hydrogens (primary N) is 1. The van der Waals surface area contributed by atoms with Crippen molar-refractivity contribution in [3.05, 3.63) is 72.9 Å². The lowest BCUT2D eigenvalue weighted by atomic mass is 10.1. The van der Waals surface area contributed by atoms with Crippen molar-refractivity contribution < 1.29 is 14.3 Å². The number of hydrogen-bond acceptors (Lipinski definition) is 8. The molecule has 2 aromatic heterocycles. The number of carbonyl (C=O) groups excluding carboxylic acids is 1. The van der Waals surface area contributed by atoms with Crippen LogP contribution in [-0.2, 0) is 9.53 Å². The highest BCUT2D eigenvalue weighted by Gasteiger charge is 2.26. The fraction of sp³-hybridized carbons (Fsp3) is 0.333. The van der Waals surface area contributed by atoms with Gasteiger partial charge in [-0.05, 0) is 49.2 Å². The number of ether oxygens (including phenoxy) is 2. The fourth-order valence-electron chi connectivity index (χ4n) is 5.19. The van der Waals surface area contributed by atoms with Gasteiger partial charge in [-0.25, -0.2) is 14.6 Å². The summed E-state index contributed by atoms with van der Waals surface area (Å²) in [5, 5.41) is 5.34. The molecule has 2 N–H and O–H groups in total. The van der Waals surface area contributed by atoms with Gasteiger partial charge < -0.3 is 20.1 Å². The number of benzene rings is 2. The number of likely N-dealkylation sites (tertiary alicyclic amines) is 1. The number of hydrogen-bond donors (Lipinski definition) is 1. The zero-order valence-electron chi connectivity index (χ0n) is 22.4. The van der Waals surface area contributed by atoms with Gasteiger partial charge in [-0.3, -0.25) is 9.69 Å². The Hall–Kier alpha value is -4.28. The first-order valence-corrected chi connectivity index (χ1v) is 13.7. The molecule has 0 saturated carbocycles. The Bertz CT molecular complexity index is 1480.